The topological polar surface area (TPSA) is 70.8 Å². The van der Waals surface area contributed by atoms with E-state index in [0.29, 0.717) is 25.6 Å². The molecule has 2 aliphatic heterocycles. The smallest absolute Gasteiger partial charge is 0.236 e. The number of likely N-dealkylation sites (tertiary alicyclic amines) is 1. The van der Waals surface area contributed by atoms with E-state index in [2.05, 4.69) is 15.9 Å². The lowest BCUT2D eigenvalue weighted by atomic mass is 10.1. The molecule has 0 radical (unpaired) electrons. The summed E-state index contributed by atoms with van der Waals surface area (Å²) in [7, 11) is 0. The Balaban J connectivity index is 1.50. The van der Waals surface area contributed by atoms with Gasteiger partial charge in [0, 0.05) is 39.3 Å². The van der Waals surface area contributed by atoms with Gasteiger partial charge in [0.15, 0.2) is 0 Å². The Kier molecular flexibility index (Phi) is 6.03. The molecule has 2 aliphatic rings. The van der Waals surface area contributed by atoms with Gasteiger partial charge >= 0.3 is 0 Å². The monoisotopic (exact) mass is 342 g/mol. The molecular formula is C19H26N4O2. The summed E-state index contributed by atoms with van der Waals surface area (Å²) in [5.74, 6) is 0.471. The maximum atomic E-state index is 12.5. The average Bonchev–Trinajstić information content (AvgIpc) is 3.11. The molecule has 2 saturated heterocycles. The number of amides is 1. The molecule has 0 bridgehead atoms. The molecule has 1 amide bonds. The van der Waals surface area contributed by atoms with Crippen molar-refractivity contribution in [1.29, 1.82) is 5.26 Å². The highest BCUT2D eigenvalue weighted by molar-refractivity contribution is 5.78. The largest absolute Gasteiger partial charge is 0.396 e. The van der Waals surface area contributed by atoms with Crippen LogP contribution in [-0.4, -0.2) is 78.1 Å². The van der Waals surface area contributed by atoms with Gasteiger partial charge in [0.25, 0.3) is 0 Å². The zero-order chi connectivity index (χ0) is 17.6. The van der Waals surface area contributed by atoms with Gasteiger partial charge in [-0.05, 0) is 24.4 Å². The number of aliphatic hydroxyl groups is 1. The summed E-state index contributed by atoms with van der Waals surface area (Å²) >= 11 is 0. The van der Waals surface area contributed by atoms with E-state index in [1.807, 2.05) is 35.2 Å². The van der Waals surface area contributed by atoms with Crippen LogP contribution in [0.4, 0.5) is 0 Å². The molecule has 0 unspecified atom stereocenters. The molecule has 2 fully saturated rings. The Hall–Kier alpha value is -1.94. The van der Waals surface area contributed by atoms with Crippen LogP contribution in [0.15, 0.2) is 30.3 Å². The van der Waals surface area contributed by atoms with Crippen LogP contribution in [0.5, 0.6) is 0 Å². The Morgan fingerprint density at radius 2 is 1.92 bits per heavy atom. The third kappa shape index (κ3) is 4.37. The maximum Gasteiger partial charge on any atom is 0.236 e. The van der Waals surface area contributed by atoms with Crippen molar-refractivity contribution in [2.24, 2.45) is 5.92 Å². The van der Waals surface area contributed by atoms with Gasteiger partial charge in [-0.1, -0.05) is 30.3 Å². The van der Waals surface area contributed by atoms with E-state index in [1.54, 1.807) is 0 Å². The van der Waals surface area contributed by atoms with E-state index in [-0.39, 0.29) is 18.6 Å². The first kappa shape index (κ1) is 17.9. The van der Waals surface area contributed by atoms with Gasteiger partial charge < -0.3 is 10.0 Å². The van der Waals surface area contributed by atoms with E-state index in [1.165, 1.54) is 0 Å². The molecule has 2 heterocycles. The third-order valence-electron chi connectivity index (χ3n) is 5.26. The average molecular weight is 342 g/mol. The zero-order valence-electron chi connectivity index (χ0n) is 14.5. The molecule has 134 valence electrons. The second-order valence-corrected chi connectivity index (χ2v) is 6.93. The summed E-state index contributed by atoms with van der Waals surface area (Å²) in [4.78, 5) is 18.7. The molecule has 3 rings (SSSR count). The van der Waals surface area contributed by atoms with E-state index in [9.17, 15) is 15.2 Å². The van der Waals surface area contributed by atoms with Gasteiger partial charge in [-0.25, -0.2) is 0 Å². The lowest BCUT2D eigenvalue weighted by molar-refractivity contribution is -0.134. The predicted molar refractivity (Wildman–Crippen MR) is 94.6 cm³/mol. The van der Waals surface area contributed by atoms with E-state index >= 15 is 0 Å². The molecule has 2 atom stereocenters. The second kappa shape index (κ2) is 8.43. The molecule has 0 saturated carbocycles. The van der Waals surface area contributed by atoms with Crippen LogP contribution >= 0.6 is 0 Å². The number of hydrogen-bond donors (Lipinski definition) is 1. The quantitative estimate of drug-likeness (QED) is 0.853. The van der Waals surface area contributed by atoms with Crippen molar-refractivity contribution in [1.82, 2.24) is 14.7 Å². The first-order valence-corrected chi connectivity index (χ1v) is 9.01. The van der Waals surface area contributed by atoms with E-state index in [4.69, 9.17) is 0 Å². The fourth-order valence-corrected chi connectivity index (χ4v) is 3.73. The normalized spacial score (nSPS) is 23.4. The number of piperazine rings is 1. The van der Waals surface area contributed by atoms with Gasteiger partial charge in [0.2, 0.25) is 5.91 Å². The molecule has 0 aliphatic carbocycles. The standard InChI is InChI=1S/C19H26N4O2/c20-12-18(17-4-2-1-3-5-17)22-8-10-23(11-9-22)19(25)14-21-7-6-16(13-21)15-24/h1-5,16,18,24H,6-11,13-15H2/t16-,18+/m0/s1. The summed E-state index contributed by atoms with van der Waals surface area (Å²) in [5.41, 5.74) is 1.01. The molecule has 25 heavy (non-hydrogen) atoms. The SMILES string of the molecule is N#C[C@H](c1ccccc1)N1CCN(C(=O)CN2CC[C@H](CO)C2)CC1. The Morgan fingerprint density at radius 3 is 2.52 bits per heavy atom. The molecule has 0 spiro atoms. The number of nitrogens with zero attached hydrogens (tertiary/aromatic N) is 4. The molecule has 0 aromatic heterocycles. The zero-order valence-corrected chi connectivity index (χ0v) is 14.5. The van der Waals surface area contributed by atoms with Crippen LogP contribution in [0.25, 0.3) is 0 Å². The molecule has 6 heteroatoms. The van der Waals surface area contributed by atoms with Gasteiger partial charge in [0.1, 0.15) is 6.04 Å². The van der Waals surface area contributed by atoms with Crippen molar-refractivity contribution in [2.45, 2.75) is 12.5 Å². The van der Waals surface area contributed by atoms with Crippen LogP contribution in [0.2, 0.25) is 0 Å². The lowest BCUT2D eigenvalue weighted by Crippen LogP contribution is -2.51. The number of nitriles is 1. The number of aliphatic hydroxyl groups excluding tert-OH is 1. The Bertz CT molecular complexity index is 608. The van der Waals surface area contributed by atoms with Crippen molar-refractivity contribution in [3.8, 4) is 6.07 Å². The summed E-state index contributed by atoms with van der Waals surface area (Å²) in [6.07, 6.45) is 0.971. The lowest BCUT2D eigenvalue weighted by Gasteiger charge is -2.37. The summed E-state index contributed by atoms with van der Waals surface area (Å²) in [6, 6.07) is 12.0. The fourth-order valence-electron chi connectivity index (χ4n) is 3.73. The van der Waals surface area contributed by atoms with Crippen LogP contribution < -0.4 is 0 Å². The number of benzene rings is 1. The van der Waals surface area contributed by atoms with Gasteiger partial charge in [0.05, 0.1) is 12.6 Å². The maximum absolute atomic E-state index is 12.5. The van der Waals surface area contributed by atoms with Gasteiger partial charge in [-0.2, -0.15) is 5.26 Å². The van der Waals surface area contributed by atoms with Gasteiger partial charge in [-0.15, -0.1) is 0 Å². The van der Waals surface area contributed by atoms with Gasteiger partial charge in [-0.3, -0.25) is 14.6 Å². The summed E-state index contributed by atoms with van der Waals surface area (Å²) < 4.78 is 0. The van der Waals surface area contributed by atoms with Crippen LogP contribution in [-0.2, 0) is 4.79 Å². The Labute approximate surface area is 149 Å². The molecule has 1 N–H and O–H groups in total. The predicted octanol–water partition coefficient (Wildman–Crippen LogP) is 0.710. The molecule has 1 aromatic rings. The van der Waals surface area contributed by atoms with E-state index < -0.39 is 0 Å². The van der Waals surface area contributed by atoms with Crippen molar-refractivity contribution in [3.63, 3.8) is 0 Å². The second-order valence-electron chi connectivity index (χ2n) is 6.93. The number of rotatable bonds is 5. The fraction of sp³-hybridized carbons (Fsp3) is 0.579. The van der Waals surface area contributed by atoms with Crippen molar-refractivity contribution < 1.29 is 9.90 Å². The highest BCUT2D eigenvalue weighted by Gasteiger charge is 2.29. The minimum atomic E-state index is -0.248. The van der Waals surface area contributed by atoms with E-state index in [0.717, 1.165) is 38.2 Å². The van der Waals surface area contributed by atoms with Crippen molar-refractivity contribution >= 4 is 5.91 Å². The molecule has 6 nitrogen and oxygen atoms in total. The number of carbonyl (C=O) groups excluding carboxylic acids is 1. The van der Waals surface area contributed by atoms with Crippen molar-refractivity contribution in [2.75, 3.05) is 52.4 Å². The van der Waals surface area contributed by atoms with Crippen molar-refractivity contribution in [3.05, 3.63) is 35.9 Å². The van der Waals surface area contributed by atoms with Crippen LogP contribution in [0.3, 0.4) is 0 Å². The number of carbonyl (C=O) groups is 1. The summed E-state index contributed by atoms with van der Waals surface area (Å²) in [5, 5.41) is 18.8. The number of hydrogen-bond acceptors (Lipinski definition) is 5. The highest BCUT2D eigenvalue weighted by Crippen LogP contribution is 2.21. The first-order valence-electron chi connectivity index (χ1n) is 9.01. The minimum Gasteiger partial charge on any atom is -0.396 e. The molecule has 1 aromatic carbocycles. The first-order chi connectivity index (χ1) is 12.2. The third-order valence-corrected chi connectivity index (χ3v) is 5.26. The molecular weight excluding hydrogens is 316 g/mol. The highest BCUT2D eigenvalue weighted by atomic mass is 16.3. The summed E-state index contributed by atoms with van der Waals surface area (Å²) in [6.45, 7) is 5.13. The minimum absolute atomic E-state index is 0.159. The Morgan fingerprint density at radius 1 is 1.20 bits per heavy atom. The van der Waals surface area contributed by atoms with Crippen LogP contribution in [0, 0.1) is 17.2 Å². The van der Waals surface area contributed by atoms with Crippen LogP contribution in [0.1, 0.15) is 18.0 Å².